The van der Waals surface area contributed by atoms with Crippen LogP contribution < -0.4 is 0 Å². The van der Waals surface area contributed by atoms with Gasteiger partial charge in [0.1, 0.15) is 6.23 Å². The lowest BCUT2D eigenvalue weighted by atomic mass is 10.2. The van der Waals surface area contributed by atoms with Crippen LogP contribution in [-0.2, 0) is 4.74 Å². The van der Waals surface area contributed by atoms with Gasteiger partial charge in [0.05, 0.1) is 0 Å². The van der Waals surface area contributed by atoms with Crippen LogP contribution >= 0.6 is 0 Å². The molecule has 0 saturated heterocycles. The summed E-state index contributed by atoms with van der Waals surface area (Å²) in [4.78, 5) is 2.10. The first-order valence-corrected chi connectivity index (χ1v) is 5.58. The Labute approximate surface area is 92.9 Å². The Morgan fingerprint density at radius 2 is 1.87 bits per heavy atom. The maximum Gasteiger partial charge on any atom is 0.136 e. The highest BCUT2D eigenvalue weighted by Crippen LogP contribution is 2.19. The summed E-state index contributed by atoms with van der Waals surface area (Å²) in [6.07, 6.45) is 2.38. The summed E-state index contributed by atoms with van der Waals surface area (Å²) in [5.41, 5.74) is 1.22. The van der Waals surface area contributed by atoms with E-state index < -0.39 is 0 Å². The average molecular weight is 207 g/mol. The Bertz CT molecular complexity index is 258. The topological polar surface area (TPSA) is 12.5 Å². The molecular weight excluding hydrogens is 186 g/mol. The summed E-state index contributed by atoms with van der Waals surface area (Å²) < 4.78 is 5.86. The molecule has 0 heterocycles. The molecule has 15 heavy (non-hydrogen) atoms. The van der Waals surface area contributed by atoms with Gasteiger partial charge in [-0.25, -0.2) is 0 Å². The van der Waals surface area contributed by atoms with Gasteiger partial charge in [0, 0.05) is 6.61 Å². The van der Waals surface area contributed by atoms with Crippen LogP contribution in [0.5, 0.6) is 0 Å². The monoisotopic (exact) mass is 207 g/mol. The van der Waals surface area contributed by atoms with E-state index in [2.05, 4.69) is 36.1 Å². The number of hydrogen-bond acceptors (Lipinski definition) is 2. The molecular formula is C13H21NO. The van der Waals surface area contributed by atoms with Gasteiger partial charge in [-0.05, 0) is 26.1 Å². The van der Waals surface area contributed by atoms with Crippen molar-refractivity contribution in [3.8, 4) is 0 Å². The Morgan fingerprint density at radius 1 is 1.20 bits per heavy atom. The minimum atomic E-state index is 0.0812. The van der Waals surface area contributed by atoms with Crippen molar-refractivity contribution in [2.24, 2.45) is 0 Å². The lowest BCUT2D eigenvalue weighted by Crippen LogP contribution is -2.23. The van der Waals surface area contributed by atoms with Crippen LogP contribution in [0.15, 0.2) is 30.3 Å². The van der Waals surface area contributed by atoms with Crippen LogP contribution in [-0.4, -0.2) is 25.6 Å². The molecule has 0 N–H and O–H groups in total. The van der Waals surface area contributed by atoms with Gasteiger partial charge < -0.3 is 4.74 Å². The van der Waals surface area contributed by atoms with E-state index in [0.717, 1.165) is 13.0 Å². The minimum Gasteiger partial charge on any atom is -0.359 e. The van der Waals surface area contributed by atoms with Gasteiger partial charge in [-0.15, -0.1) is 0 Å². The summed E-state index contributed by atoms with van der Waals surface area (Å²) in [7, 11) is 4.09. The molecule has 1 unspecified atom stereocenters. The van der Waals surface area contributed by atoms with Gasteiger partial charge >= 0.3 is 0 Å². The highest BCUT2D eigenvalue weighted by molar-refractivity contribution is 5.16. The zero-order chi connectivity index (χ0) is 11.1. The molecule has 0 aromatic heterocycles. The minimum absolute atomic E-state index is 0.0812. The van der Waals surface area contributed by atoms with Crippen LogP contribution in [0.25, 0.3) is 0 Å². The van der Waals surface area contributed by atoms with Crippen molar-refractivity contribution in [2.75, 3.05) is 20.7 Å². The lowest BCUT2D eigenvalue weighted by Gasteiger charge is -2.24. The predicted octanol–water partition coefficient (Wildman–Crippen LogP) is 3.06. The van der Waals surface area contributed by atoms with E-state index in [9.17, 15) is 0 Å². The van der Waals surface area contributed by atoms with Gasteiger partial charge in [0.15, 0.2) is 0 Å². The van der Waals surface area contributed by atoms with E-state index in [-0.39, 0.29) is 6.23 Å². The zero-order valence-corrected chi connectivity index (χ0v) is 9.94. The molecule has 84 valence electrons. The molecule has 0 aliphatic carbocycles. The molecule has 1 aromatic carbocycles. The van der Waals surface area contributed by atoms with Crippen molar-refractivity contribution in [1.29, 1.82) is 0 Å². The molecule has 0 aliphatic heterocycles. The maximum absolute atomic E-state index is 5.86. The SMILES string of the molecule is CCCCOC(c1ccccc1)N(C)C. The summed E-state index contributed by atoms with van der Waals surface area (Å²) in [6.45, 7) is 3.00. The number of nitrogens with zero attached hydrogens (tertiary/aromatic N) is 1. The third-order valence-corrected chi connectivity index (χ3v) is 2.33. The average Bonchev–Trinajstić information content (AvgIpc) is 2.25. The van der Waals surface area contributed by atoms with E-state index >= 15 is 0 Å². The number of hydrogen-bond donors (Lipinski definition) is 0. The molecule has 0 aliphatic rings. The van der Waals surface area contributed by atoms with Crippen molar-refractivity contribution >= 4 is 0 Å². The fourth-order valence-electron chi connectivity index (χ4n) is 1.50. The number of benzene rings is 1. The first kappa shape index (κ1) is 12.2. The lowest BCUT2D eigenvalue weighted by molar-refractivity contribution is -0.0395. The van der Waals surface area contributed by atoms with Crippen LogP contribution in [0.1, 0.15) is 31.6 Å². The van der Waals surface area contributed by atoms with E-state index in [1.807, 2.05) is 20.2 Å². The van der Waals surface area contributed by atoms with Crippen molar-refractivity contribution in [3.05, 3.63) is 35.9 Å². The maximum atomic E-state index is 5.86. The Kier molecular flexibility index (Phi) is 5.37. The Balaban J connectivity index is 2.58. The third-order valence-electron chi connectivity index (χ3n) is 2.33. The molecule has 0 saturated carbocycles. The van der Waals surface area contributed by atoms with Gasteiger partial charge in [-0.3, -0.25) is 4.90 Å². The normalized spacial score (nSPS) is 13.1. The van der Waals surface area contributed by atoms with Crippen LogP contribution in [0.2, 0.25) is 0 Å². The third kappa shape index (κ3) is 4.02. The smallest absolute Gasteiger partial charge is 0.136 e. The van der Waals surface area contributed by atoms with Crippen LogP contribution in [0.4, 0.5) is 0 Å². The van der Waals surface area contributed by atoms with E-state index in [4.69, 9.17) is 4.74 Å². The number of rotatable bonds is 6. The van der Waals surface area contributed by atoms with E-state index in [1.165, 1.54) is 12.0 Å². The fraction of sp³-hybridized carbons (Fsp3) is 0.538. The quantitative estimate of drug-likeness (QED) is 0.525. The van der Waals surface area contributed by atoms with E-state index in [1.54, 1.807) is 0 Å². The second kappa shape index (κ2) is 6.59. The zero-order valence-electron chi connectivity index (χ0n) is 9.94. The molecule has 2 heteroatoms. The second-order valence-electron chi connectivity index (χ2n) is 3.95. The van der Waals surface area contributed by atoms with Gasteiger partial charge in [-0.2, -0.15) is 0 Å². The largest absolute Gasteiger partial charge is 0.359 e. The van der Waals surface area contributed by atoms with Crippen LogP contribution in [0.3, 0.4) is 0 Å². The molecule has 1 rings (SSSR count). The standard InChI is InChI=1S/C13H21NO/c1-4-5-11-15-13(14(2)3)12-9-7-6-8-10-12/h6-10,13H,4-5,11H2,1-3H3. The van der Waals surface area contributed by atoms with E-state index in [0.29, 0.717) is 0 Å². The highest BCUT2D eigenvalue weighted by Gasteiger charge is 2.13. The fourth-order valence-corrected chi connectivity index (χ4v) is 1.50. The summed E-state index contributed by atoms with van der Waals surface area (Å²) in [5, 5.41) is 0. The predicted molar refractivity (Wildman–Crippen MR) is 63.7 cm³/mol. The summed E-state index contributed by atoms with van der Waals surface area (Å²) in [5.74, 6) is 0. The summed E-state index contributed by atoms with van der Waals surface area (Å²) in [6, 6.07) is 10.3. The second-order valence-corrected chi connectivity index (χ2v) is 3.95. The molecule has 2 nitrogen and oxygen atoms in total. The molecule has 1 aromatic rings. The van der Waals surface area contributed by atoms with Gasteiger partial charge in [-0.1, -0.05) is 43.7 Å². The van der Waals surface area contributed by atoms with Crippen LogP contribution in [0, 0.1) is 0 Å². The van der Waals surface area contributed by atoms with Gasteiger partial charge in [0.25, 0.3) is 0 Å². The molecule has 1 atom stereocenters. The van der Waals surface area contributed by atoms with Crippen molar-refractivity contribution in [2.45, 2.75) is 26.0 Å². The first-order chi connectivity index (χ1) is 7.25. The molecule has 0 radical (unpaired) electrons. The molecule has 0 amide bonds. The number of unbranched alkanes of at least 4 members (excludes halogenated alkanes) is 1. The van der Waals surface area contributed by atoms with Crippen molar-refractivity contribution in [3.63, 3.8) is 0 Å². The molecule has 0 spiro atoms. The Hall–Kier alpha value is -0.860. The molecule has 0 bridgehead atoms. The van der Waals surface area contributed by atoms with Crippen molar-refractivity contribution in [1.82, 2.24) is 4.90 Å². The number of ether oxygens (including phenoxy) is 1. The highest BCUT2D eigenvalue weighted by atomic mass is 16.5. The first-order valence-electron chi connectivity index (χ1n) is 5.58. The van der Waals surface area contributed by atoms with Gasteiger partial charge in [0.2, 0.25) is 0 Å². The molecule has 0 fully saturated rings. The summed E-state index contributed by atoms with van der Waals surface area (Å²) >= 11 is 0. The van der Waals surface area contributed by atoms with Crippen molar-refractivity contribution < 1.29 is 4.74 Å². The Morgan fingerprint density at radius 3 is 2.40 bits per heavy atom.